The van der Waals surface area contributed by atoms with Crippen molar-refractivity contribution in [3.05, 3.63) is 41.0 Å². The SMILES string of the molecule is CC1=CC(C)=[C]([Zr]([C]2=C(C)C=C(C)C2)[SiH](C)C)C1.F.F. The first-order chi connectivity index (χ1) is 8.40. The summed E-state index contributed by atoms with van der Waals surface area (Å²) in [6.45, 7) is 14.5. The largest absolute Gasteiger partial charge is 0.269 e. The van der Waals surface area contributed by atoms with E-state index in [1.807, 2.05) is 6.56 Å². The fourth-order valence-electron chi connectivity index (χ4n) is 3.35. The molecule has 2 rings (SSSR count). The zero-order valence-corrected chi connectivity index (χ0v) is 17.1. The van der Waals surface area contributed by atoms with Crippen LogP contribution in [0.4, 0.5) is 9.41 Å². The molecule has 2 aliphatic carbocycles. The predicted molar refractivity (Wildman–Crippen MR) is 86.0 cm³/mol. The molecular formula is C16H27F2SiZr. The van der Waals surface area contributed by atoms with Gasteiger partial charge in [-0.05, 0) is 0 Å². The fraction of sp³-hybridized carbons (Fsp3) is 0.500. The number of rotatable bonds is 3. The molecule has 0 saturated heterocycles. The molecule has 0 aliphatic heterocycles. The van der Waals surface area contributed by atoms with E-state index in [0.29, 0.717) is 0 Å². The maximum Gasteiger partial charge on any atom is -0.269 e. The molecule has 0 aromatic heterocycles. The summed E-state index contributed by atoms with van der Waals surface area (Å²) in [6.07, 6.45) is 7.50. The molecule has 0 fully saturated rings. The van der Waals surface area contributed by atoms with Gasteiger partial charge in [-0.25, -0.2) is 0 Å². The van der Waals surface area contributed by atoms with E-state index in [4.69, 9.17) is 0 Å². The van der Waals surface area contributed by atoms with Crippen LogP contribution in [0.5, 0.6) is 0 Å². The third kappa shape index (κ3) is 3.98. The van der Waals surface area contributed by atoms with E-state index >= 15 is 0 Å². The van der Waals surface area contributed by atoms with E-state index < -0.39 is 26.8 Å². The van der Waals surface area contributed by atoms with Crippen LogP contribution in [-0.2, 0) is 20.9 Å². The third-order valence-corrected chi connectivity index (χ3v) is 23.8. The van der Waals surface area contributed by atoms with E-state index in [-0.39, 0.29) is 9.41 Å². The maximum absolute atomic E-state index is 2.59. The summed E-state index contributed by atoms with van der Waals surface area (Å²) in [5.74, 6) is -0.509. The summed E-state index contributed by atoms with van der Waals surface area (Å²) in [4.78, 5) is 0. The summed E-state index contributed by atoms with van der Waals surface area (Å²) < 4.78 is 3.85. The Kier molecular flexibility index (Phi) is 7.76. The molecule has 0 amide bonds. The van der Waals surface area contributed by atoms with Gasteiger partial charge in [0.2, 0.25) is 0 Å². The van der Waals surface area contributed by atoms with Crippen molar-refractivity contribution in [2.45, 2.75) is 53.6 Å². The second kappa shape index (κ2) is 7.79. The molecule has 0 aromatic carbocycles. The number of allylic oxidation sites excluding steroid dienone is 8. The number of halogens is 2. The van der Waals surface area contributed by atoms with Crippen molar-refractivity contribution in [3.8, 4) is 0 Å². The average Bonchev–Trinajstić information content (AvgIpc) is 2.71. The normalized spacial score (nSPS) is 17.9. The second-order valence-corrected chi connectivity index (χ2v) is 25.5. The first-order valence-electron chi connectivity index (χ1n) is 7.01. The Morgan fingerprint density at radius 2 is 1.15 bits per heavy atom. The van der Waals surface area contributed by atoms with Gasteiger partial charge in [0.1, 0.15) is 0 Å². The Hall–Kier alpha value is -0.0800. The van der Waals surface area contributed by atoms with Crippen molar-refractivity contribution >= 4 is 5.92 Å². The maximum atomic E-state index is 2.59. The third-order valence-electron chi connectivity index (χ3n) is 4.02. The van der Waals surface area contributed by atoms with Crippen LogP contribution in [0.25, 0.3) is 0 Å². The van der Waals surface area contributed by atoms with Crippen LogP contribution >= 0.6 is 0 Å². The molecule has 4 heteroatoms. The molecule has 0 nitrogen and oxygen atoms in total. The van der Waals surface area contributed by atoms with Gasteiger partial charge in [-0.15, -0.1) is 0 Å². The summed E-state index contributed by atoms with van der Waals surface area (Å²) in [6, 6.07) is 0. The van der Waals surface area contributed by atoms with Crippen molar-refractivity contribution in [1.82, 2.24) is 0 Å². The van der Waals surface area contributed by atoms with Gasteiger partial charge in [-0.3, -0.25) is 9.41 Å². The molecule has 0 radical (unpaired) electrons. The Balaban J connectivity index is 0.00000180. The van der Waals surface area contributed by atoms with Crippen molar-refractivity contribution in [2.75, 3.05) is 0 Å². The van der Waals surface area contributed by atoms with Crippen molar-refractivity contribution in [2.24, 2.45) is 0 Å². The zero-order valence-electron chi connectivity index (χ0n) is 13.5. The molecule has 0 saturated carbocycles. The van der Waals surface area contributed by atoms with Crippen molar-refractivity contribution < 1.29 is 30.3 Å². The number of hydrogen-bond acceptors (Lipinski definition) is 0. The Morgan fingerprint density at radius 3 is 1.35 bits per heavy atom. The van der Waals surface area contributed by atoms with Crippen LogP contribution in [0.3, 0.4) is 0 Å². The second-order valence-electron chi connectivity index (χ2n) is 6.23. The molecule has 0 spiro atoms. The molecule has 2 aliphatic rings. The summed E-state index contributed by atoms with van der Waals surface area (Å²) >= 11 is -1.47. The van der Waals surface area contributed by atoms with Crippen LogP contribution < -0.4 is 0 Å². The molecular weight excluding hydrogens is 349 g/mol. The first kappa shape index (κ1) is 19.9. The van der Waals surface area contributed by atoms with Gasteiger partial charge in [0.25, 0.3) is 0 Å². The van der Waals surface area contributed by atoms with Gasteiger partial charge in [-0.2, -0.15) is 0 Å². The molecule has 0 bridgehead atoms. The van der Waals surface area contributed by atoms with Gasteiger partial charge >= 0.3 is 121 Å². The van der Waals surface area contributed by atoms with Gasteiger partial charge in [0, 0.05) is 0 Å². The van der Waals surface area contributed by atoms with Crippen LogP contribution in [0.15, 0.2) is 41.0 Å². The van der Waals surface area contributed by atoms with Crippen molar-refractivity contribution in [1.29, 1.82) is 0 Å². The molecule has 0 aromatic rings. The molecule has 0 heterocycles. The minimum Gasteiger partial charge on any atom is -0.269 e. The predicted octanol–water partition coefficient (Wildman–Crippen LogP) is 5.14. The molecule has 113 valence electrons. The minimum absolute atomic E-state index is 0. The zero-order chi connectivity index (χ0) is 13.4. The molecule has 20 heavy (non-hydrogen) atoms. The molecule has 0 N–H and O–H groups in total. The monoisotopic (exact) mass is 375 g/mol. The van der Waals surface area contributed by atoms with Crippen LogP contribution in [0.2, 0.25) is 13.1 Å². The van der Waals surface area contributed by atoms with E-state index in [9.17, 15) is 0 Å². The first-order valence-corrected chi connectivity index (χ1v) is 16.6. The Bertz CT molecular complexity index is 457. The average molecular weight is 377 g/mol. The van der Waals surface area contributed by atoms with Crippen LogP contribution in [0.1, 0.15) is 40.5 Å². The molecule has 0 atom stereocenters. The smallest absolute Gasteiger partial charge is 0.269 e. The summed E-state index contributed by atoms with van der Waals surface area (Å²) in [7, 11) is 0. The van der Waals surface area contributed by atoms with Gasteiger partial charge in [-0.1, -0.05) is 0 Å². The topological polar surface area (TPSA) is 0 Å². The van der Waals surface area contributed by atoms with E-state index in [0.717, 1.165) is 0 Å². The fourth-order valence-corrected chi connectivity index (χ4v) is 24.6. The van der Waals surface area contributed by atoms with Gasteiger partial charge < -0.3 is 0 Å². The van der Waals surface area contributed by atoms with Gasteiger partial charge in [0.15, 0.2) is 0 Å². The van der Waals surface area contributed by atoms with E-state index in [1.54, 1.807) is 22.3 Å². The Morgan fingerprint density at radius 1 is 0.800 bits per heavy atom. The van der Waals surface area contributed by atoms with Gasteiger partial charge in [0.05, 0.1) is 0 Å². The molecule has 0 unspecified atom stereocenters. The minimum atomic E-state index is -1.47. The van der Waals surface area contributed by atoms with Crippen LogP contribution in [-0.4, -0.2) is 5.92 Å². The summed E-state index contributed by atoms with van der Waals surface area (Å²) in [5, 5.41) is 0. The summed E-state index contributed by atoms with van der Waals surface area (Å²) in [5.41, 5.74) is 6.45. The number of hydrogen-bond donors (Lipinski definition) is 0. The Labute approximate surface area is 130 Å². The van der Waals surface area contributed by atoms with Crippen molar-refractivity contribution in [3.63, 3.8) is 0 Å². The van der Waals surface area contributed by atoms with Crippen LogP contribution in [0, 0.1) is 0 Å². The quantitative estimate of drug-likeness (QED) is 0.598. The van der Waals surface area contributed by atoms with E-state index in [2.05, 4.69) is 52.9 Å². The van der Waals surface area contributed by atoms with E-state index in [1.165, 1.54) is 12.8 Å². The standard InChI is InChI=1S/2C7H9.C2H7Si.2FH.Zr/c2*1-6-3-4-7(2)5-6;1-3-2;;;/h2*5H,3H2,1-2H3;3H,1-2H3;2*1H;.